The van der Waals surface area contributed by atoms with Crippen LogP contribution in [0.15, 0.2) is 66.7 Å². The fourth-order valence-corrected chi connectivity index (χ4v) is 7.62. The molecular weight excluding hydrogens is 432 g/mol. The summed E-state index contributed by atoms with van der Waals surface area (Å²) in [6.45, 7) is 0. The maximum absolute atomic E-state index is 6.07. The summed E-state index contributed by atoms with van der Waals surface area (Å²) in [5.74, 6) is 4.23. The molecule has 0 amide bonds. The van der Waals surface area contributed by atoms with Crippen molar-refractivity contribution in [2.75, 3.05) is 21.3 Å². The summed E-state index contributed by atoms with van der Waals surface area (Å²) in [6, 6.07) is 24.1. The lowest BCUT2D eigenvalue weighted by atomic mass is 9.66. The van der Waals surface area contributed by atoms with Crippen LogP contribution in [0, 0.1) is 11.8 Å². The molecule has 0 aliphatic heterocycles. The third kappa shape index (κ3) is 2.73. The molecule has 35 heavy (non-hydrogen) atoms. The normalized spacial score (nSPS) is 23.5. The van der Waals surface area contributed by atoms with E-state index in [1.807, 2.05) is 12.1 Å². The average molecular weight is 463 g/mol. The van der Waals surface area contributed by atoms with Gasteiger partial charge < -0.3 is 14.2 Å². The van der Waals surface area contributed by atoms with Crippen LogP contribution in [0.1, 0.15) is 36.8 Å². The van der Waals surface area contributed by atoms with Crippen LogP contribution in [0.5, 0.6) is 17.2 Å². The van der Waals surface area contributed by atoms with Gasteiger partial charge in [0.05, 0.1) is 21.3 Å². The molecule has 0 N–H and O–H groups in total. The van der Waals surface area contributed by atoms with E-state index in [1.54, 1.807) is 21.3 Å². The van der Waals surface area contributed by atoms with Gasteiger partial charge in [0.25, 0.3) is 0 Å². The molecule has 0 heterocycles. The summed E-state index contributed by atoms with van der Waals surface area (Å²) in [5.41, 5.74) is 8.03. The van der Waals surface area contributed by atoms with Crippen molar-refractivity contribution < 1.29 is 14.2 Å². The Morgan fingerprint density at radius 2 is 1.51 bits per heavy atom. The molecular formula is C32H30O3. The topological polar surface area (TPSA) is 27.7 Å². The van der Waals surface area contributed by atoms with Gasteiger partial charge >= 0.3 is 0 Å². The molecule has 3 nitrogen and oxygen atoms in total. The molecule has 0 saturated heterocycles. The fraction of sp³-hybridized carbons (Fsp3) is 0.312. The second-order valence-electron chi connectivity index (χ2n) is 10.4. The number of hydrogen-bond acceptors (Lipinski definition) is 3. The highest BCUT2D eigenvalue weighted by Crippen LogP contribution is 2.67. The number of fused-ring (bicyclic) bond motifs is 10. The highest BCUT2D eigenvalue weighted by atomic mass is 16.5. The van der Waals surface area contributed by atoms with E-state index < -0.39 is 0 Å². The van der Waals surface area contributed by atoms with Gasteiger partial charge in [-0.1, -0.05) is 42.8 Å². The summed E-state index contributed by atoms with van der Waals surface area (Å²) in [6.07, 6.45) is 5.33. The molecule has 3 unspecified atom stereocenters. The number of methoxy groups -OCH3 is 3. The smallest absolute Gasteiger partial charge is 0.127 e. The molecule has 3 heteroatoms. The average Bonchev–Trinajstić information content (AvgIpc) is 3.60. The van der Waals surface area contributed by atoms with Gasteiger partial charge in [0.15, 0.2) is 0 Å². The fourth-order valence-electron chi connectivity index (χ4n) is 7.62. The molecule has 2 saturated carbocycles. The van der Waals surface area contributed by atoms with E-state index in [4.69, 9.17) is 14.2 Å². The van der Waals surface area contributed by atoms with Gasteiger partial charge in [-0.15, -0.1) is 0 Å². The van der Waals surface area contributed by atoms with E-state index in [0.29, 0.717) is 0 Å². The lowest BCUT2D eigenvalue weighted by Gasteiger charge is -2.36. The largest absolute Gasteiger partial charge is 0.497 e. The SMILES string of the molecule is COc1ccc(-c2cc3c(OC)cc4c(c3cc2OC)-c2ccccc2C42CC3CCC2C3)cc1. The van der Waals surface area contributed by atoms with Crippen LogP contribution in [0.2, 0.25) is 0 Å². The molecule has 3 aliphatic rings. The molecule has 2 fully saturated rings. The Kier molecular flexibility index (Phi) is 4.48. The van der Waals surface area contributed by atoms with Crippen molar-refractivity contribution in [3.05, 3.63) is 77.9 Å². The van der Waals surface area contributed by atoms with E-state index in [-0.39, 0.29) is 5.41 Å². The van der Waals surface area contributed by atoms with Crippen molar-refractivity contribution >= 4 is 10.8 Å². The first kappa shape index (κ1) is 20.9. The zero-order chi connectivity index (χ0) is 23.7. The first-order chi connectivity index (χ1) is 17.2. The lowest BCUT2D eigenvalue weighted by molar-refractivity contribution is 0.325. The van der Waals surface area contributed by atoms with Crippen molar-refractivity contribution in [2.45, 2.75) is 31.1 Å². The van der Waals surface area contributed by atoms with E-state index >= 15 is 0 Å². The molecule has 4 aromatic carbocycles. The van der Waals surface area contributed by atoms with Crippen molar-refractivity contribution in [3.8, 4) is 39.5 Å². The monoisotopic (exact) mass is 462 g/mol. The highest BCUT2D eigenvalue weighted by Gasteiger charge is 2.57. The van der Waals surface area contributed by atoms with Crippen LogP contribution in [0.3, 0.4) is 0 Å². The third-order valence-electron chi connectivity index (χ3n) is 9.05. The summed E-state index contributed by atoms with van der Waals surface area (Å²) in [7, 11) is 5.26. The minimum absolute atomic E-state index is 0.123. The first-order valence-corrected chi connectivity index (χ1v) is 12.7. The van der Waals surface area contributed by atoms with E-state index in [9.17, 15) is 0 Å². The maximum atomic E-state index is 6.07. The zero-order valence-electron chi connectivity index (χ0n) is 20.6. The van der Waals surface area contributed by atoms with Gasteiger partial charge in [-0.3, -0.25) is 0 Å². The van der Waals surface area contributed by atoms with Gasteiger partial charge in [0, 0.05) is 16.4 Å². The summed E-state index contributed by atoms with van der Waals surface area (Å²) < 4.78 is 17.4. The molecule has 176 valence electrons. The summed E-state index contributed by atoms with van der Waals surface area (Å²) in [4.78, 5) is 0. The first-order valence-electron chi connectivity index (χ1n) is 12.7. The second-order valence-corrected chi connectivity index (χ2v) is 10.4. The van der Waals surface area contributed by atoms with Gasteiger partial charge in [0.2, 0.25) is 0 Å². The Bertz CT molecular complexity index is 1470. The Labute approximate surface area is 206 Å². The molecule has 4 aromatic rings. The van der Waals surface area contributed by atoms with Gasteiger partial charge in [-0.05, 0) is 94.6 Å². The van der Waals surface area contributed by atoms with Crippen LogP contribution in [0.4, 0.5) is 0 Å². The predicted octanol–water partition coefficient (Wildman–Crippen LogP) is 7.62. The number of hydrogen-bond donors (Lipinski definition) is 0. The molecule has 3 aliphatic carbocycles. The minimum atomic E-state index is 0.123. The van der Waals surface area contributed by atoms with Gasteiger partial charge in [-0.2, -0.15) is 0 Å². The van der Waals surface area contributed by atoms with E-state index in [2.05, 4.69) is 54.6 Å². The molecule has 7 rings (SSSR count). The molecule has 3 atom stereocenters. The minimum Gasteiger partial charge on any atom is -0.497 e. The Morgan fingerprint density at radius 1 is 0.714 bits per heavy atom. The van der Waals surface area contributed by atoms with Crippen molar-refractivity contribution in [1.82, 2.24) is 0 Å². The van der Waals surface area contributed by atoms with Crippen molar-refractivity contribution in [3.63, 3.8) is 0 Å². The summed E-state index contributed by atoms with van der Waals surface area (Å²) in [5, 5.41) is 2.36. The number of benzene rings is 4. The number of rotatable bonds is 4. The Hall–Kier alpha value is -3.46. The van der Waals surface area contributed by atoms with Gasteiger partial charge in [0.1, 0.15) is 17.2 Å². The van der Waals surface area contributed by atoms with Crippen LogP contribution < -0.4 is 14.2 Å². The molecule has 2 bridgehead atoms. The second kappa shape index (κ2) is 7.52. The Balaban J connectivity index is 1.53. The van der Waals surface area contributed by atoms with Gasteiger partial charge in [-0.25, -0.2) is 0 Å². The molecule has 0 radical (unpaired) electrons. The summed E-state index contributed by atoms with van der Waals surface area (Å²) >= 11 is 0. The van der Waals surface area contributed by atoms with Crippen LogP contribution in [-0.2, 0) is 5.41 Å². The standard InChI is InChI=1S/C32H30O3/c1-33-22-12-9-20(10-13-22)24-15-25-26(16-29(24)34-2)31-23-6-4-5-7-27(23)32(28(31)17-30(25)35-3)18-19-8-11-21(32)14-19/h4-7,9-10,12-13,15-17,19,21H,8,11,14,18H2,1-3H3. The third-order valence-corrected chi connectivity index (χ3v) is 9.05. The highest BCUT2D eigenvalue weighted by molar-refractivity contribution is 6.08. The van der Waals surface area contributed by atoms with Crippen molar-refractivity contribution in [2.24, 2.45) is 11.8 Å². The zero-order valence-corrected chi connectivity index (χ0v) is 20.6. The maximum Gasteiger partial charge on any atom is 0.127 e. The van der Waals surface area contributed by atoms with Crippen molar-refractivity contribution in [1.29, 1.82) is 0 Å². The van der Waals surface area contributed by atoms with E-state index in [1.165, 1.54) is 53.3 Å². The quantitative estimate of drug-likeness (QED) is 0.312. The molecule has 0 aromatic heterocycles. The molecule has 1 spiro atoms. The van der Waals surface area contributed by atoms with Crippen LogP contribution >= 0.6 is 0 Å². The number of ether oxygens (including phenoxy) is 3. The lowest BCUT2D eigenvalue weighted by Crippen LogP contribution is -2.31. The van der Waals surface area contributed by atoms with Crippen LogP contribution in [0.25, 0.3) is 33.0 Å². The van der Waals surface area contributed by atoms with Crippen LogP contribution in [-0.4, -0.2) is 21.3 Å². The Morgan fingerprint density at radius 3 is 2.20 bits per heavy atom. The predicted molar refractivity (Wildman–Crippen MR) is 141 cm³/mol. The van der Waals surface area contributed by atoms with E-state index in [0.717, 1.165) is 45.6 Å².